The Hall–Kier alpha value is -0.150. The molecule has 2 heterocycles. The molecule has 0 saturated heterocycles. The summed E-state index contributed by atoms with van der Waals surface area (Å²) < 4.78 is 5.27. The molecule has 0 amide bonds. The predicted molar refractivity (Wildman–Crippen MR) is 44.2 cm³/mol. The lowest BCUT2D eigenvalue weighted by molar-refractivity contribution is 0.578. The van der Waals surface area contributed by atoms with E-state index in [1.54, 1.807) is 17.1 Å². The molecule has 0 bridgehead atoms. The minimum Gasteiger partial charge on any atom is -0.430 e. The zero-order valence-electron chi connectivity index (χ0n) is 4.96. The quantitative estimate of drug-likeness (QED) is 0.395. The van der Waals surface area contributed by atoms with Crippen molar-refractivity contribution in [2.45, 2.75) is 6.92 Å². The maximum atomic E-state index is 5.27. The van der Waals surface area contributed by atoms with Crippen molar-refractivity contribution >= 4 is 25.5 Å². The third-order valence-corrected chi connectivity index (χ3v) is 4.63. The van der Waals surface area contributed by atoms with Crippen LogP contribution in [0.1, 0.15) is 6.92 Å². The van der Waals surface area contributed by atoms with Gasteiger partial charge in [0.1, 0.15) is 6.26 Å². The molecule has 1 nitrogen and oxygen atoms in total. The van der Waals surface area contributed by atoms with Crippen LogP contribution in [0, 0.1) is 0 Å². The van der Waals surface area contributed by atoms with Gasteiger partial charge in [-0.25, -0.2) is 0 Å². The number of allylic oxidation sites excluding steroid dienone is 3. The average Bonchev–Trinajstić information content (AvgIpc) is 2.22. The Bertz CT molecular complexity index is 237. The van der Waals surface area contributed by atoms with Gasteiger partial charge in [-0.1, -0.05) is 0 Å². The molecular formula is C6H6OS2. The summed E-state index contributed by atoms with van der Waals surface area (Å²) >= 11 is 0. The van der Waals surface area contributed by atoms with Crippen molar-refractivity contribution in [2.24, 2.45) is 0 Å². The first-order chi connectivity index (χ1) is 4.36. The Morgan fingerprint density at radius 2 is 2.56 bits per heavy atom. The fraction of sp³-hybridized carbons (Fsp3) is 0.167. The van der Waals surface area contributed by atoms with Gasteiger partial charge in [0.05, 0.1) is 9.80 Å². The molecule has 3 heteroatoms. The first-order valence-electron chi connectivity index (χ1n) is 2.68. The third-order valence-electron chi connectivity index (χ3n) is 1.12. The van der Waals surface area contributed by atoms with Gasteiger partial charge in [0.2, 0.25) is 0 Å². The van der Waals surface area contributed by atoms with Crippen molar-refractivity contribution in [3.05, 3.63) is 23.3 Å². The zero-order chi connectivity index (χ0) is 6.27. The lowest BCUT2D eigenvalue weighted by atomic mass is 10.4. The molecule has 0 aromatic rings. The summed E-state index contributed by atoms with van der Waals surface area (Å²) in [6.45, 7) is 2.11. The van der Waals surface area contributed by atoms with Crippen molar-refractivity contribution in [1.29, 1.82) is 0 Å². The minimum atomic E-state index is 0.0316. The largest absolute Gasteiger partial charge is 0.430 e. The van der Waals surface area contributed by atoms with Gasteiger partial charge < -0.3 is 4.18 Å². The van der Waals surface area contributed by atoms with E-state index in [0.717, 1.165) is 0 Å². The average molecular weight is 158 g/mol. The lowest BCUT2D eigenvalue weighted by Gasteiger charge is -1.96. The highest BCUT2D eigenvalue weighted by Gasteiger charge is 2.15. The van der Waals surface area contributed by atoms with Crippen LogP contribution < -0.4 is 0 Å². The standard InChI is InChI=1S/C6H6OS2/c1-5-4-6-2-3-7-9(6)8-5/h2-4H,1H3. The molecule has 0 fully saturated rings. The number of hydrogen-bond donors (Lipinski definition) is 0. The molecule has 2 rings (SSSR count). The van der Waals surface area contributed by atoms with Crippen LogP contribution in [-0.4, -0.2) is 4.86 Å². The summed E-state index contributed by atoms with van der Waals surface area (Å²) in [4.78, 5) is 2.69. The highest BCUT2D eigenvalue weighted by atomic mass is 33.1. The van der Waals surface area contributed by atoms with Crippen molar-refractivity contribution < 1.29 is 4.18 Å². The van der Waals surface area contributed by atoms with Crippen LogP contribution in [-0.2, 0) is 4.18 Å². The van der Waals surface area contributed by atoms with Crippen LogP contribution >= 0.6 is 20.6 Å². The van der Waals surface area contributed by atoms with Gasteiger partial charge in [-0.3, -0.25) is 0 Å². The van der Waals surface area contributed by atoms with Crippen LogP contribution in [0.15, 0.2) is 23.3 Å². The molecule has 1 unspecified atom stereocenters. The van der Waals surface area contributed by atoms with Crippen molar-refractivity contribution in [1.82, 2.24) is 0 Å². The summed E-state index contributed by atoms with van der Waals surface area (Å²) in [7, 11) is 1.83. The Kier molecular flexibility index (Phi) is 1.20. The molecule has 0 N–H and O–H groups in total. The van der Waals surface area contributed by atoms with E-state index in [1.165, 1.54) is 9.77 Å². The van der Waals surface area contributed by atoms with Gasteiger partial charge in [-0.05, 0) is 34.8 Å². The van der Waals surface area contributed by atoms with Gasteiger partial charge >= 0.3 is 0 Å². The summed E-state index contributed by atoms with van der Waals surface area (Å²) in [5, 5.41) is 0. The number of hydrogen-bond acceptors (Lipinski definition) is 2. The van der Waals surface area contributed by atoms with E-state index in [0.29, 0.717) is 0 Å². The molecule has 0 aromatic heterocycles. The van der Waals surface area contributed by atoms with E-state index < -0.39 is 0 Å². The molecule has 9 heavy (non-hydrogen) atoms. The summed E-state index contributed by atoms with van der Waals surface area (Å²) in [6.07, 6.45) is 5.98. The van der Waals surface area contributed by atoms with Crippen LogP contribution in [0.25, 0.3) is 0 Å². The fourth-order valence-corrected chi connectivity index (χ4v) is 3.81. The molecule has 0 saturated carbocycles. The molecular weight excluding hydrogens is 152 g/mol. The third kappa shape index (κ3) is 0.843. The van der Waals surface area contributed by atoms with Gasteiger partial charge in [0.25, 0.3) is 0 Å². The highest BCUT2D eigenvalue weighted by Crippen LogP contribution is 2.47. The molecule has 1 atom stereocenters. The monoisotopic (exact) mass is 158 g/mol. The lowest BCUT2D eigenvalue weighted by Crippen LogP contribution is -1.75. The smallest absolute Gasteiger partial charge is 0.103 e. The van der Waals surface area contributed by atoms with Crippen LogP contribution in [0.2, 0.25) is 0 Å². The van der Waals surface area contributed by atoms with Crippen LogP contribution in [0.3, 0.4) is 0 Å². The SMILES string of the molecule is CC1=CC2=S(OC=C2)S1. The van der Waals surface area contributed by atoms with E-state index in [1.807, 2.05) is 6.08 Å². The highest BCUT2D eigenvalue weighted by molar-refractivity contribution is 8.84. The van der Waals surface area contributed by atoms with Crippen molar-refractivity contribution in [3.63, 3.8) is 0 Å². The van der Waals surface area contributed by atoms with Crippen LogP contribution in [0.4, 0.5) is 0 Å². The Balaban J connectivity index is 2.37. The normalized spacial score (nSPS) is 30.1. The number of rotatable bonds is 0. The Morgan fingerprint density at radius 3 is 3.33 bits per heavy atom. The first-order valence-corrected chi connectivity index (χ1v) is 5.16. The second kappa shape index (κ2) is 1.92. The first kappa shape index (κ1) is 5.62. The minimum absolute atomic E-state index is 0.0316. The van der Waals surface area contributed by atoms with E-state index in [2.05, 4.69) is 13.0 Å². The second-order valence-corrected chi connectivity index (χ2v) is 5.23. The second-order valence-electron chi connectivity index (χ2n) is 1.87. The zero-order valence-corrected chi connectivity index (χ0v) is 6.59. The van der Waals surface area contributed by atoms with Crippen molar-refractivity contribution in [2.75, 3.05) is 0 Å². The van der Waals surface area contributed by atoms with Gasteiger partial charge in [0.15, 0.2) is 0 Å². The Labute approximate surface area is 60.3 Å². The predicted octanol–water partition coefficient (Wildman–Crippen LogP) is 2.45. The molecule has 0 radical (unpaired) electrons. The van der Waals surface area contributed by atoms with Gasteiger partial charge in [-0.2, -0.15) is 0 Å². The molecule has 0 aromatic carbocycles. The fourth-order valence-electron chi connectivity index (χ4n) is 0.764. The van der Waals surface area contributed by atoms with E-state index in [-0.39, 0.29) is 9.80 Å². The molecule has 2 aliphatic heterocycles. The van der Waals surface area contributed by atoms with Gasteiger partial charge in [0, 0.05) is 4.86 Å². The maximum Gasteiger partial charge on any atom is 0.103 e. The van der Waals surface area contributed by atoms with E-state index in [9.17, 15) is 0 Å². The van der Waals surface area contributed by atoms with E-state index in [4.69, 9.17) is 4.18 Å². The molecule has 48 valence electrons. The van der Waals surface area contributed by atoms with Crippen molar-refractivity contribution in [3.8, 4) is 0 Å². The molecule has 2 aliphatic rings. The maximum absolute atomic E-state index is 5.27. The summed E-state index contributed by atoms with van der Waals surface area (Å²) in [5.41, 5.74) is 0. The van der Waals surface area contributed by atoms with E-state index >= 15 is 0 Å². The molecule has 0 aliphatic carbocycles. The Morgan fingerprint density at radius 1 is 1.67 bits per heavy atom. The topological polar surface area (TPSA) is 9.23 Å². The summed E-state index contributed by atoms with van der Waals surface area (Å²) in [6, 6.07) is 0. The van der Waals surface area contributed by atoms with Gasteiger partial charge in [-0.15, -0.1) is 0 Å². The molecule has 0 spiro atoms. The van der Waals surface area contributed by atoms with Crippen LogP contribution in [0.5, 0.6) is 0 Å². The summed E-state index contributed by atoms with van der Waals surface area (Å²) in [5.74, 6) is 0.